The van der Waals surface area contributed by atoms with Crippen molar-refractivity contribution < 1.29 is 17.7 Å². The van der Waals surface area contributed by atoms with Gasteiger partial charge in [-0.15, -0.1) is 0 Å². The molecule has 0 bridgehead atoms. The lowest BCUT2D eigenvalue weighted by Gasteiger charge is -2.30. The highest BCUT2D eigenvalue weighted by molar-refractivity contribution is 6.28. The van der Waals surface area contributed by atoms with E-state index in [9.17, 15) is 13.2 Å². The van der Waals surface area contributed by atoms with Crippen molar-refractivity contribution in [2.75, 3.05) is 0 Å². The van der Waals surface area contributed by atoms with Crippen molar-refractivity contribution in [2.24, 2.45) is 5.92 Å². The van der Waals surface area contributed by atoms with Crippen molar-refractivity contribution in [1.29, 1.82) is 0 Å². The SMILES string of the molecule is FC(F)(F)C1CCCCC1c1nc(Cl)no1. The Labute approximate surface area is 95.0 Å². The lowest BCUT2D eigenvalue weighted by molar-refractivity contribution is -0.189. The minimum absolute atomic E-state index is 0.00650. The van der Waals surface area contributed by atoms with Crippen molar-refractivity contribution in [3.05, 3.63) is 11.2 Å². The molecule has 1 saturated carbocycles. The molecule has 1 aliphatic rings. The van der Waals surface area contributed by atoms with Gasteiger partial charge in [-0.1, -0.05) is 12.8 Å². The molecule has 0 radical (unpaired) electrons. The van der Waals surface area contributed by atoms with E-state index in [1.807, 2.05) is 0 Å². The third-order valence-corrected chi connectivity index (χ3v) is 3.07. The van der Waals surface area contributed by atoms with Crippen LogP contribution in [0.25, 0.3) is 0 Å². The van der Waals surface area contributed by atoms with Gasteiger partial charge in [-0.3, -0.25) is 0 Å². The third-order valence-electron chi connectivity index (χ3n) is 2.92. The van der Waals surface area contributed by atoms with Gasteiger partial charge in [0.05, 0.1) is 5.92 Å². The van der Waals surface area contributed by atoms with Gasteiger partial charge in [-0.05, 0) is 29.6 Å². The molecule has 2 rings (SSSR count). The van der Waals surface area contributed by atoms with Gasteiger partial charge in [-0.25, -0.2) is 0 Å². The van der Waals surface area contributed by atoms with E-state index in [4.69, 9.17) is 16.1 Å². The fourth-order valence-corrected chi connectivity index (χ4v) is 2.30. The Bertz CT molecular complexity index is 366. The summed E-state index contributed by atoms with van der Waals surface area (Å²) in [5.74, 6) is -2.13. The highest BCUT2D eigenvalue weighted by Gasteiger charge is 2.47. The Kier molecular flexibility index (Phi) is 3.10. The maximum Gasteiger partial charge on any atom is 0.392 e. The van der Waals surface area contributed by atoms with Crippen LogP contribution in [0.15, 0.2) is 4.52 Å². The van der Waals surface area contributed by atoms with Crippen molar-refractivity contribution in [2.45, 2.75) is 37.8 Å². The largest absolute Gasteiger partial charge is 0.392 e. The predicted octanol–water partition coefficient (Wildman–Crippen LogP) is 3.56. The average Bonchev–Trinajstić information content (AvgIpc) is 2.64. The molecule has 0 aromatic carbocycles. The third kappa shape index (κ3) is 2.31. The zero-order chi connectivity index (χ0) is 11.8. The number of hydrogen-bond donors (Lipinski definition) is 0. The van der Waals surface area contributed by atoms with E-state index in [0.29, 0.717) is 12.8 Å². The Morgan fingerprint density at radius 3 is 2.50 bits per heavy atom. The van der Waals surface area contributed by atoms with Crippen molar-refractivity contribution in [3.63, 3.8) is 0 Å². The second-order valence-electron chi connectivity index (χ2n) is 3.94. The standard InChI is InChI=1S/C9H10ClF3N2O/c10-8-14-7(16-15-8)5-3-1-2-4-6(5)9(11,12)13/h5-6H,1-4H2. The first-order valence-corrected chi connectivity index (χ1v) is 5.42. The molecule has 1 fully saturated rings. The van der Waals surface area contributed by atoms with Gasteiger partial charge in [0.2, 0.25) is 5.89 Å². The molecule has 1 heterocycles. The first kappa shape index (κ1) is 11.7. The van der Waals surface area contributed by atoms with Crippen LogP contribution >= 0.6 is 11.6 Å². The average molecular weight is 255 g/mol. The van der Waals surface area contributed by atoms with Crippen LogP contribution in [-0.4, -0.2) is 16.3 Å². The summed E-state index contributed by atoms with van der Waals surface area (Å²) in [5, 5.41) is 3.18. The Morgan fingerprint density at radius 2 is 1.94 bits per heavy atom. The highest BCUT2D eigenvalue weighted by Crippen LogP contribution is 2.45. The van der Waals surface area contributed by atoms with Crippen molar-refractivity contribution >= 4 is 11.6 Å². The number of halogens is 4. The van der Waals surface area contributed by atoms with E-state index in [0.717, 1.165) is 6.42 Å². The molecule has 1 aliphatic carbocycles. The van der Waals surface area contributed by atoms with Crippen LogP contribution in [0.1, 0.15) is 37.5 Å². The number of alkyl halides is 3. The molecular formula is C9H10ClF3N2O. The van der Waals surface area contributed by atoms with Gasteiger partial charge in [0.25, 0.3) is 5.28 Å². The molecule has 3 nitrogen and oxygen atoms in total. The van der Waals surface area contributed by atoms with Gasteiger partial charge in [0.15, 0.2) is 0 Å². The molecule has 16 heavy (non-hydrogen) atoms. The fraction of sp³-hybridized carbons (Fsp3) is 0.778. The molecule has 0 N–H and O–H groups in total. The van der Waals surface area contributed by atoms with Crippen LogP contribution in [0.3, 0.4) is 0 Å². The lowest BCUT2D eigenvalue weighted by Crippen LogP contribution is -2.31. The van der Waals surface area contributed by atoms with E-state index in [1.54, 1.807) is 0 Å². The fourth-order valence-electron chi connectivity index (χ4n) is 2.19. The molecule has 2 atom stereocenters. The topological polar surface area (TPSA) is 38.9 Å². The summed E-state index contributed by atoms with van der Waals surface area (Å²) in [6.07, 6.45) is -2.34. The second-order valence-corrected chi connectivity index (χ2v) is 4.28. The second kappa shape index (κ2) is 4.24. The van der Waals surface area contributed by atoms with Crippen LogP contribution < -0.4 is 0 Å². The van der Waals surface area contributed by atoms with Crippen LogP contribution in [0.5, 0.6) is 0 Å². The molecule has 1 aromatic heterocycles. The molecule has 7 heteroatoms. The van der Waals surface area contributed by atoms with Gasteiger partial charge < -0.3 is 4.52 Å². The monoisotopic (exact) mass is 254 g/mol. The first-order chi connectivity index (χ1) is 7.48. The zero-order valence-electron chi connectivity index (χ0n) is 8.30. The zero-order valence-corrected chi connectivity index (χ0v) is 9.05. The molecule has 0 saturated heterocycles. The maximum absolute atomic E-state index is 12.8. The maximum atomic E-state index is 12.8. The van der Waals surface area contributed by atoms with Gasteiger partial charge in [0.1, 0.15) is 0 Å². The quantitative estimate of drug-likeness (QED) is 0.769. The minimum atomic E-state index is -4.22. The molecule has 0 spiro atoms. The molecule has 0 aliphatic heterocycles. The summed E-state index contributed by atoms with van der Waals surface area (Å²) in [6.45, 7) is 0. The Morgan fingerprint density at radius 1 is 1.25 bits per heavy atom. The molecular weight excluding hydrogens is 245 g/mol. The van der Waals surface area contributed by atoms with E-state index in [2.05, 4.69) is 10.1 Å². The first-order valence-electron chi connectivity index (χ1n) is 5.04. The summed E-state index contributed by atoms with van der Waals surface area (Å²) in [6, 6.07) is 0. The summed E-state index contributed by atoms with van der Waals surface area (Å²) in [4.78, 5) is 3.69. The molecule has 0 amide bonds. The van der Waals surface area contributed by atoms with E-state index in [1.165, 1.54) is 0 Å². The molecule has 1 aromatic rings. The van der Waals surface area contributed by atoms with E-state index >= 15 is 0 Å². The van der Waals surface area contributed by atoms with Gasteiger partial charge >= 0.3 is 6.18 Å². The van der Waals surface area contributed by atoms with Crippen LogP contribution in [0, 0.1) is 5.92 Å². The van der Waals surface area contributed by atoms with Crippen LogP contribution in [0.2, 0.25) is 5.28 Å². The Balaban J connectivity index is 2.23. The Hall–Kier alpha value is -0.780. The summed E-state index contributed by atoms with van der Waals surface area (Å²) in [7, 11) is 0. The van der Waals surface area contributed by atoms with Crippen molar-refractivity contribution in [1.82, 2.24) is 10.1 Å². The number of nitrogens with zero attached hydrogens (tertiary/aromatic N) is 2. The molecule has 2 unspecified atom stereocenters. The summed E-state index contributed by atoms with van der Waals surface area (Å²) < 4.78 is 43.0. The normalized spacial score (nSPS) is 27.0. The lowest BCUT2D eigenvalue weighted by atomic mass is 9.78. The molecule has 90 valence electrons. The van der Waals surface area contributed by atoms with Crippen LogP contribution in [0.4, 0.5) is 13.2 Å². The highest BCUT2D eigenvalue weighted by atomic mass is 35.5. The predicted molar refractivity (Wildman–Crippen MR) is 50.1 cm³/mol. The number of rotatable bonds is 1. The van der Waals surface area contributed by atoms with E-state index in [-0.39, 0.29) is 17.6 Å². The van der Waals surface area contributed by atoms with Crippen LogP contribution in [-0.2, 0) is 0 Å². The smallest absolute Gasteiger partial charge is 0.338 e. The van der Waals surface area contributed by atoms with E-state index < -0.39 is 18.0 Å². The number of aromatic nitrogens is 2. The van der Waals surface area contributed by atoms with Gasteiger partial charge in [-0.2, -0.15) is 18.2 Å². The number of hydrogen-bond acceptors (Lipinski definition) is 3. The minimum Gasteiger partial charge on any atom is -0.338 e. The van der Waals surface area contributed by atoms with Gasteiger partial charge in [0, 0.05) is 5.92 Å². The summed E-state index contributed by atoms with van der Waals surface area (Å²) >= 11 is 5.44. The summed E-state index contributed by atoms with van der Waals surface area (Å²) in [5.41, 5.74) is 0. The van der Waals surface area contributed by atoms with Crippen molar-refractivity contribution in [3.8, 4) is 0 Å².